The Kier molecular flexibility index (Phi) is 11.3. The van der Waals surface area contributed by atoms with E-state index in [1.165, 1.54) is 38.5 Å². The molecule has 1 unspecified atom stereocenters. The predicted molar refractivity (Wildman–Crippen MR) is 69.2 cm³/mol. The molecule has 0 aliphatic rings. The van der Waals surface area contributed by atoms with Gasteiger partial charge in [0.1, 0.15) is 0 Å². The van der Waals surface area contributed by atoms with Gasteiger partial charge in [-0.3, -0.25) is 0 Å². The van der Waals surface area contributed by atoms with Gasteiger partial charge in [-0.15, -0.1) is 11.8 Å². The SMILES string of the molecule is [CH2]CC#CCCCCC(C)CCCC[CH2]. The Bertz CT molecular complexity index is 170. The molecule has 86 valence electrons. The van der Waals surface area contributed by atoms with Gasteiger partial charge in [-0.25, -0.2) is 0 Å². The van der Waals surface area contributed by atoms with Crippen LogP contribution in [-0.2, 0) is 0 Å². The second kappa shape index (κ2) is 11.6. The minimum Gasteiger partial charge on any atom is -0.103 e. The van der Waals surface area contributed by atoms with Gasteiger partial charge in [-0.1, -0.05) is 52.4 Å². The lowest BCUT2D eigenvalue weighted by atomic mass is 9.97. The van der Waals surface area contributed by atoms with Gasteiger partial charge in [-0.2, -0.15) is 0 Å². The van der Waals surface area contributed by atoms with Crippen molar-refractivity contribution in [2.75, 3.05) is 0 Å². The molecule has 0 nitrogen and oxygen atoms in total. The highest BCUT2D eigenvalue weighted by Gasteiger charge is 2.00. The van der Waals surface area contributed by atoms with E-state index in [1.54, 1.807) is 0 Å². The molecule has 0 aromatic heterocycles. The van der Waals surface area contributed by atoms with Gasteiger partial charge in [0.2, 0.25) is 0 Å². The summed E-state index contributed by atoms with van der Waals surface area (Å²) in [6, 6.07) is 0. The monoisotopic (exact) mass is 206 g/mol. The van der Waals surface area contributed by atoms with E-state index in [9.17, 15) is 0 Å². The van der Waals surface area contributed by atoms with E-state index in [2.05, 4.69) is 32.6 Å². The highest BCUT2D eigenvalue weighted by molar-refractivity contribution is 4.98. The van der Waals surface area contributed by atoms with E-state index >= 15 is 0 Å². The Morgan fingerprint density at radius 3 is 2.20 bits per heavy atom. The first-order valence-corrected chi connectivity index (χ1v) is 6.35. The molecule has 0 aliphatic carbocycles. The summed E-state index contributed by atoms with van der Waals surface area (Å²) in [4.78, 5) is 0. The number of hydrogen-bond acceptors (Lipinski definition) is 0. The molecule has 2 radical (unpaired) electrons. The summed E-state index contributed by atoms with van der Waals surface area (Å²) < 4.78 is 0. The van der Waals surface area contributed by atoms with Crippen LogP contribution in [0.15, 0.2) is 0 Å². The summed E-state index contributed by atoms with van der Waals surface area (Å²) in [6.07, 6.45) is 10.9. The van der Waals surface area contributed by atoms with Crippen molar-refractivity contribution in [3.8, 4) is 11.8 Å². The predicted octanol–water partition coefficient (Wildman–Crippen LogP) is 4.80. The zero-order chi connectivity index (χ0) is 11.4. The Labute approximate surface area is 96.8 Å². The first kappa shape index (κ1) is 14.6. The summed E-state index contributed by atoms with van der Waals surface area (Å²) in [5.74, 6) is 7.04. The van der Waals surface area contributed by atoms with Crippen LogP contribution in [0.25, 0.3) is 0 Å². The maximum Gasteiger partial charge on any atom is 0.00890 e. The van der Waals surface area contributed by atoms with Crippen LogP contribution in [0.2, 0.25) is 0 Å². The largest absolute Gasteiger partial charge is 0.103 e. The lowest BCUT2D eigenvalue weighted by Gasteiger charge is -2.09. The summed E-state index contributed by atoms with van der Waals surface area (Å²) in [5.41, 5.74) is 0. The van der Waals surface area contributed by atoms with E-state index in [4.69, 9.17) is 0 Å². The standard InChI is InChI=1S/C15H26/c1-4-6-8-9-10-12-14-15(3)13-11-7-5-2/h15H,1-2,4-5,7,9-14H2,3H3. The van der Waals surface area contributed by atoms with Gasteiger partial charge in [-0.05, 0) is 19.3 Å². The molecule has 0 bridgehead atoms. The highest BCUT2D eigenvalue weighted by atomic mass is 14.1. The molecule has 0 spiro atoms. The Balaban J connectivity index is 3.19. The van der Waals surface area contributed by atoms with E-state index in [-0.39, 0.29) is 0 Å². The van der Waals surface area contributed by atoms with Crippen molar-refractivity contribution in [1.82, 2.24) is 0 Å². The molecular formula is C15H26. The van der Waals surface area contributed by atoms with E-state index in [0.29, 0.717) is 0 Å². The Hall–Kier alpha value is -0.440. The molecule has 15 heavy (non-hydrogen) atoms. The molecule has 0 fully saturated rings. The molecule has 0 saturated heterocycles. The van der Waals surface area contributed by atoms with Crippen LogP contribution in [0.1, 0.15) is 64.7 Å². The number of unbranched alkanes of at least 4 members (excludes halogenated alkanes) is 4. The third-order valence-corrected chi connectivity index (χ3v) is 2.70. The molecule has 0 rings (SSSR count). The van der Waals surface area contributed by atoms with Gasteiger partial charge in [0.25, 0.3) is 0 Å². The van der Waals surface area contributed by atoms with Crippen LogP contribution in [0.4, 0.5) is 0 Å². The maximum absolute atomic E-state index is 3.87. The van der Waals surface area contributed by atoms with E-state index in [0.717, 1.165) is 25.2 Å². The first-order chi connectivity index (χ1) is 7.31. The number of rotatable bonds is 8. The van der Waals surface area contributed by atoms with Crippen molar-refractivity contribution >= 4 is 0 Å². The van der Waals surface area contributed by atoms with Crippen LogP contribution < -0.4 is 0 Å². The zero-order valence-corrected chi connectivity index (χ0v) is 10.4. The lowest BCUT2D eigenvalue weighted by Crippen LogP contribution is -1.94. The molecule has 0 heteroatoms. The third-order valence-electron chi connectivity index (χ3n) is 2.70. The van der Waals surface area contributed by atoms with Crippen molar-refractivity contribution in [3.63, 3.8) is 0 Å². The smallest absolute Gasteiger partial charge is 0.00890 e. The second-order valence-corrected chi connectivity index (χ2v) is 4.30. The Morgan fingerprint density at radius 2 is 1.60 bits per heavy atom. The molecule has 1 atom stereocenters. The van der Waals surface area contributed by atoms with Gasteiger partial charge in [0.05, 0.1) is 0 Å². The quantitative estimate of drug-likeness (QED) is 0.395. The van der Waals surface area contributed by atoms with Crippen molar-refractivity contribution in [1.29, 1.82) is 0 Å². The normalized spacial score (nSPS) is 11.9. The van der Waals surface area contributed by atoms with Gasteiger partial charge in [0, 0.05) is 12.8 Å². The van der Waals surface area contributed by atoms with E-state index in [1.807, 2.05) is 0 Å². The second-order valence-electron chi connectivity index (χ2n) is 4.30. The fourth-order valence-corrected chi connectivity index (χ4v) is 1.70. The average Bonchev–Trinajstić information content (AvgIpc) is 2.23. The molecule has 0 aliphatic heterocycles. The fourth-order valence-electron chi connectivity index (χ4n) is 1.70. The minimum absolute atomic E-state index is 0.751. The molecule has 0 heterocycles. The summed E-state index contributed by atoms with van der Waals surface area (Å²) in [7, 11) is 0. The summed E-state index contributed by atoms with van der Waals surface area (Å²) in [5, 5.41) is 0. The third kappa shape index (κ3) is 11.5. The van der Waals surface area contributed by atoms with Crippen LogP contribution in [0.3, 0.4) is 0 Å². The first-order valence-electron chi connectivity index (χ1n) is 6.35. The van der Waals surface area contributed by atoms with Crippen molar-refractivity contribution in [2.45, 2.75) is 64.7 Å². The minimum atomic E-state index is 0.751. The molecule has 0 saturated carbocycles. The highest BCUT2D eigenvalue weighted by Crippen LogP contribution is 2.16. The summed E-state index contributed by atoms with van der Waals surface area (Å²) >= 11 is 0. The molecule has 0 aromatic rings. The van der Waals surface area contributed by atoms with E-state index < -0.39 is 0 Å². The lowest BCUT2D eigenvalue weighted by molar-refractivity contribution is 0.447. The maximum atomic E-state index is 3.87. The summed E-state index contributed by atoms with van der Waals surface area (Å²) in [6.45, 7) is 9.93. The fraction of sp³-hybridized carbons (Fsp3) is 0.733. The van der Waals surface area contributed by atoms with Crippen LogP contribution in [0, 0.1) is 31.6 Å². The average molecular weight is 206 g/mol. The van der Waals surface area contributed by atoms with Crippen molar-refractivity contribution in [2.24, 2.45) is 5.92 Å². The molecule has 0 aromatic carbocycles. The van der Waals surface area contributed by atoms with Gasteiger partial charge in [0.15, 0.2) is 0 Å². The van der Waals surface area contributed by atoms with Crippen molar-refractivity contribution < 1.29 is 0 Å². The zero-order valence-electron chi connectivity index (χ0n) is 10.4. The van der Waals surface area contributed by atoms with Crippen molar-refractivity contribution in [3.05, 3.63) is 13.8 Å². The number of hydrogen-bond donors (Lipinski definition) is 0. The molecular weight excluding hydrogens is 180 g/mol. The topological polar surface area (TPSA) is 0 Å². The Morgan fingerprint density at radius 1 is 0.933 bits per heavy atom. The van der Waals surface area contributed by atoms with Crippen LogP contribution >= 0.6 is 0 Å². The molecule has 0 N–H and O–H groups in total. The molecule has 0 amide bonds. The van der Waals surface area contributed by atoms with Crippen LogP contribution in [0.5, 0.6) is 0 Å². The van der Waals surface area contributed by atoms with Crippen LogP contribution in [-0.4, -0.2) is 0 Å². The van der Waals surface area contributed by atoms with Gasteiger partial charge < -0.3 is 0 Å². The van der Waals surface area contributed by atoms with Gasteiger partial charge >= 0.3 is 0 Å².